The molecule has 3 nitrogen and oxygen atoms in total. The lowest BCUT2D eigenvalue weighted by Crippen LogP contribution is -2.27. The lowest BCUT2D eigenvalue weighted by atomic mass is 10.1. The Hall–Kier alpha value is -1.81. The van der Waals surface area contributed by atoms with E-state index in [4.69, 9.17) is 4.74 Å². The molecule has 110 valence electrons. The van der Waals surface area contributed by atoms with Gasteiger partial charge in [-0.25, -0.2) is 0 Å². The molecular formula is C17H18BrNO2. The number of halogens is 1. The Balaban J connectivity index is 2.22. The van der Waals surface area contributed by atoms with E-state index in [9.17, 15) is 4.79 Å². The number of hydrogen-bond donors (Lipinski definition) is 0. The minimum atomic E-state index is -0.000272. The highest BCUT2D eigenvalue weighted by Gasteiger charge is 2.16. The first-order chi connectivity index (χ1) is 10.0. The lowest BCUT2D eigenvalue weighted by Gasteiger charge is -2.20. The second kappa shape index (κ2) is 6.76. The van der Waals surface area contributed by atoms with Crippen LogP contribution in [0.25, 0.3) is 0 Å². The Morgan fingerprint density at radius 3 is 2.67 bits per heavy atom. The van der Waals surface area contributed by atoms with E-state index in [0.717, 1.165) is 21.3 Å². The Bertz CT molecular complexity index is 655. The summed E-state index contributed by atoms with van der Waals surface area (Å²) in [5.41, 5.74) is 2.67. The van der Waals surface area contributed by atoms with Crippen LogP contribution >= 0.6 is 15.9 Å². The Labute approximate surface area is 133 Å². The molecule has 21 heavy (non-hydrogen) atoms. The summed E-state index contributed by atoms with van der Waals surface area (Å²) in [5, 5.41) is 0. The smallest absolute Gasteiger partial charge is 0.254 e. The number of benzene rings is 2. The van der Waals surface area contributed by atoms with Gasteiger partial charge < -0.3 is 9.64 Å². The number of carbonyl (C=O) groups is 1. The van der Waals surface area contributed by atoms with Crippen molar-refractivity contribution in [3.05, 3.63) is 63.6 Å². The third kappa shape index (κ3) is 3.64. The Kier molecular flexibility index (Phi) is 5.02. The number of para-hydroxylation sites is 1. The summed E-state index contributed by atoms with van der Waals surface area (Å²) >= 11 is 3.41. The monoisotopic (exact) mass is 347 g/mol. The van der Waals surface area contributed by atoms with Crippen molar-refractivity contribution in [2.24, 2.45) is 0 Å². The van der Waals surface area contributed by atoms with Gasteiger partial charge in [-0.3, -0.25) is 4.79 Å². The SMILES string of the molecule is COc1ccccc1CN(C)C(=O)c1cc(Br)ccc1C. The quantitative estimate of drug-likeness (QED) is 0.835. The Morgan fingerprint density at radius 1 is 1.24 bits per heavy atom. The van der Waals surface area contributed by atoms with E-state index in [1.807, 2.05) is 49.4 Å². The van der Waals surface area contributed by atoms with Gasteiger partial charge in [-0.15, -0.1) is 0 Å². The van der Waals surface area contributed by atoms with E-state index in [-0.39, 0.29) is 5.91 Å². The molecule has 2 rings (SSSR count). The van der Waals surface area contributed by atoms with Crippen LogP contribution < -0.4 is 4.74 Å². The molecule has 0 aliphatic heterocycles. The number of methoxy groups -OCH3 is 1. The molecule has 0 saturated heterocycles. The Morgan fingerprint density at radius 2 is 1.95 bits per heavy atom. The van der Waals surface area contributed by atoms with Crippen molar-refractivity contribution < 1.29 is 9.53 Å². The van der Waals surface area contributed by atoms with Crippen molar-refractivity contribution in [3.8, 4) is 5.75 Å². The molecule has 1 amide bonds. The highest BCUT2D eigenvalue weighted by Crippen LogP contribution is 2.21. The minimum Gasteiger partial charge on any atom is -0.496 e. The highest BCUT2D eigenvalue weighted by atomic mass is 79.9. The molecule has 0 spiro atoms. The van der Waals surface area contributed by atoms with Crippen LogP contribution in [0.3, 0.4) is 0 Å². The van der Waals surface area contributed by atoms with Crippen molar-refractivity contribution in [3.63, 3.8) is 0 Å². The van der Waals surface area contributed by atoms with Crippen LogP contribution in [0.2, 0.25) is 0 Å². The van der Waals surface area contributed by atoms with Gasteiger partial charge in [-0.1, -0.05) is 40.2 Å². The fourth-order valence-electron chi connectivity index (χ4n) is 2.19. The van der Waals surface area contributed by atoms with Crippen LogP contribution in [0.15, 0.2) is 46.9 Å². The van der Waals surface area contributed by atoms with Crippen molar-refractivity contribution in [2.45, 2.75) is 13.5 Å². The van der Waals surface area contributed by atoms with Crippen LogP contribution in [0, 0.1) is 6.92 Å². The predicted octanol–water partition coefficient (Wildman–Crippen LogP) is 4.04. The van der Waals surface area contributed by atoms with Gasteiger partial charge in [-0.05, 0) is 30.7 Å². The number of amides is 1. The maximum atomic E-state index is 12.6. The summed E-state index contributed by atoms with van der Waals surface area (Å²) in [6.07, 6.45) is 0. The molecule has 0 bridgehead atoms. The van der Waals surface area contributed by atoms with Crippen molar-refractivity contribution in [1.29, 1.82) is 0 Å². The normalized spacial score (nSPS) is 10.3. The molecule has 0 radical (unpaired) electrons. The average molecular weight is 348 g/mol. The average Bonchev–Trinajstić information content (AvgIpc) is 2.49. The number of aryl methyl sites for hydroxylation is 1. The highest BCUT2D eigenvalue weighted by molar-refractivity contribution is 9.10. The molecule has 0 fully saturated rings. The molecule has 4 heteroatoms. The zero-order chi connectivity index (χ0) is 15.4. The number of rotatable bonds is 4. The fraction of sp³-hybridized carbons (Fsp3) is 0.235. The van der Waals surface area contributed by atoms with E-state index >= 15 is 0 Å². The van der Waals surface area contributed by atoms with E-state index in [1.165, 1.54) is 0 Å². The minimum absolute atomic E-state index is 0.000272. The van der Waals surface area contributed by atoms with E-state index in [1.54, 1.807) is 19.1 Å². The van der Waals surface area contributed by atoms with Crippen molar-refractivity contribution >= 4 is 21.8 Å². The van der Waals surface area contributed by atoms with Gasteiger partial charge in [0, 0.05) is 29.2 Å². The molecule has 0 N–H and O–H groups in total. The van der Waals surface area contributed by atoms with Gasteiger partial charge in [0.05, 0.1) is 7.11 Å². The number of nitrogens with zero attached hydrogens (tertiary/aromatic N) is 1. The van der Waals surface area contributed by atoms with E-state index in [0.29, 0.717) is 12.1 Å². The van der Waals surface area contributed by atoms with Crippen LogP contribution in [0.4, 0.5) is 0 Å². The zero-order valence-corrected chi connectivity index (χ0v) is 14.0. The first-order valence-corrected chi connectivity index (χ1v) is 7.45. The molecule has 0 heterocycles. The molecule has 0 unspecified atom stereocenters. The maximum absolute atomic E-state index is 12.6. The molecule has 2 aromatic carbocycles. The second-order valence-electron chi connectivity index (χ2n) is 4.93. The van der Waals surface area contributed by atoms with Gasteiger partial charge in [0.25, 0.3) is 5.91 Å². The molecule has 0 aliphatic carbocycles. The summed E-state index contributed by atoms with van der Waals surface area (Å²) in [6, 6.07) is 13.5. The molecule has 0 atom stereocenters. The van der Waals surface area contributed by atoms with Crippen molar-refractivity contribution in [1.82, 2.24) is 4.90 Å². The van der Waals surface area contributed by atoms with Crippen LogP contribution in [-0.4, -0.2) is 25.0 Å². The van der Waals surface area contributed by atoms with Gasteiger partial charge in [0.2, 0.25) is 0 Å². The fourth-order valence-corrected chi connectivity index (χ4v) is 2.55. The summed E-state index contributed by atoms with van der Waals surface area (Å²) in [5.74, 6) is 0.794. The van der Waals surface area contributed by atoms with Gasteiger partial charge in [0.15, 0.2) is 0 Å². The van der Waals surface area contributed by atoms with Gasteiger partial charge in [0.1, 0.15) is 5.75 Å². The number of hydrogen-bond acceptors (Lipinski definition) is 2. The zero-order valence-electron chi connectivity index (χ0n) is 12.4. The largest absolute Gasteiger partial charge is 0.496 e. The predicted molar refractivity (Wildman–Crippen MR) is 87.7 cm³/mol. The van der Waals surface area contributed by atoms with Crippen LogP contribution in [-0.2, 0) is 6.54 Å². The first-order valence-electron chi connectivity index (χ1n) is 6.66. The number of carbonyl (C=O) groups excluding carboxylic acids is 1. The first kappa shape index (κ1) is 15.6. The van der Waals surface area contributed by atoms with Crippen LogP contribution in [0.5, 0.6) is 5.75 Å². The lowest BCUT2D eigenvalue weighted by molar-refractivity contribution is 0.0783. The summed E-state index contributed by atoms with van der Waals surface area (Å²) in [4.78, 5) is 14.3. The molecular weight excluding hydrogens is 330 g/mol. The molecule has 0 aliphatic rings. The maximum Gasteiger partial charge on any atom is 0.254 e. The summed E-state index contributed by atoms with van der Waals surface area (Å²) in [6.45, 7) is 2.45. The standard InChI is InChI=1S/C17H18BrNO2/c1-12-8-9-14(18)10-15(12)17(20)19(2)11-13-6-4-5-7-16(13)21-3/h4-10H,11H2,1-3H3. The topological polar surface area (TPSA) is 29.5 Å². The third-order valence-electron chi connectivity index (χ3n) is 3.38. The van der Waals surface area contributed by atoms with Crippen molar-refractivity contribution in [2.75, 3.05) is 14.2 Å². The van der Waals surface area contributed by atoms with E-state index in [2.05, 4.69) is 15.9 Å². The molecule has 2 aromatic rings. The molecule has 0 saturated carbocycles. The summed E-state index contributed by atoms with van der Waals surface area (Å²) < 4.78 is 6.23. The van der Waals surface area contributed by atoms with Gasteiger partial charge >= 0.3 is 0 Å². The number of ether oxygens (including phenoxy) is 1. The van der Waals surface area contributed by atoms with Gasteiger partial charge in [-0.2, -0.15) is 0 Å². The van der Waals surface area contributed by atoms with E-state index < -0.39 is 0 Å². The second-order valence-corrected chi connectivity index (χ2v) is 5.85. The summed E-state index contributed by atoms with van der Waals surface area (Å²) in [7, 11) is 3.44. The van der Waals surface area contributed by atoms with Crippen LogP contribution in [0.1, 0.15) is 21.5 Å². The third-order valence-corrected chi connectivity index (χ3v) is 3.87. The molecule has 0 aromatic heterocycles.